The number of nitrogens with zero attached hydrogens (tertiary/aromatic N) is 3. The molecule has 0 atom stereocenters. The predicted molar refractivity (Wildman–Crippen MR) is 79.1 cm³/mol. The van der Waals surface area contributed by atoms with Gasteiger partial charge < -0.3 is 5.32 Å². The summed E-state index contributed by atoms with van der Waals surface area (Å²) in [5.41, 5.74) is 9.24. The maximum atomic E-state index is 11.9. The number of anilines is 1. The van der Waals surface area contributed by atoms with E-state index < -0.39 is 10.0 Å². The van der Waals surface area contributed by atoms with Gasteiger partial charge in [-0.3, -0.25) is 0 Å². The van der Waals surface area contributed by atoms with Crippen LogP contribution in [-0.2, 0) is 10.0 Å². The van der Waals surface area contributed by atoms with E-state index in [-0.39, 0.29) is 4.90 Å². The fourth-order valence-electron chi connectivity index (χ4n) is 2.01. The van der Waals surface area contributed by atoms with E-state index in [2.05, 4.69) is 21.7 Å². The maximum Gasteiger partial charge on any atom is 0.264 e. The number of rotatable bonds is 5. The number of hydrogen-bond acceptors (Lipinski definition) is 3. The molecule has 2 rings (SSSR count). The van der Waals surface area contributed by atoms with Crippen molar-refractivity contribution in [3.05, 3.63) is 46.8 Å². The van der Waals surface area contributed by atoms with Crippen molar-refractivity contribution in [3.8, 4) is 0 Å². The van der Waals surface area contributed by atoms with Crippen molar-refractivity contribution in [2.45, 2.75) is 18.2 Å². The summed E-state index contributed by atoms with van der Waals surface area (Å²) in [4.78, 5) is 2.41. The van der Waals surface area contributed by atoms with Crippen molar-refractivity contribution >= 4 is 26.5 Å². The highest BCUT2D eigenvalue weighted by atomic mass is 32.2. The monoisotopic (exact) mass is 290 g/mol. The van der Waals surface area contributed by atoms with Crippen molar-refractivity contribution in [2.24, 2.45) is 4.52 Å². The smallest absolute Gasteiger partial charge is 0.264 e. The summed E-state index contributed by atoms with van der Waals surface area (Å²) in [6, 6.07) is 10.3. The highest BCUT2D eigenvalue weighted by Crippen LogP contribution is 2.29. The first kappa shape index (κ1) is 14.2. The van der Waals surface area contributed by atoms with Crippen LogP contribution in [0.4, 0.5) is 5.69 Å². The van der Waals surface area contributed by atoms with E-state index in [9.17, 15) is 8.42 Å². The molecule has 0 spiro atoms. The molecule has 2 aromatic carbocycles. The van der Waals surface area contributed by atoms with Crippen LogP contribution in [0.2, 0.25) is 0 Å². The zero-order chi connectivity index (χ0) is 14.6. The van der Waals surface area contributed by atoms with Crippen molar-refractivity contribution in [1.29, 1.82) is 0 Å². The third kappa shape index (κ3) is 2.68. The molecule has 0 bridgehead atoms. The number of fused-ring (bicyclic) bond motifs is 1. The molecule has 0 unspecified atom stereocenters. The van der Waals surface area contributed by atoms with Gasteiger partial charge in [0.05, 0.1) is 4.90 Å². The predicted octanol–water partition coefficient (Wildman–Crippen LogP) is 3.66. The van der Waals surface area contributed by atoms with E-state index in [1.54, 1.807) is 18.2 Å². The van der Waals surface area contributed by atoms with Crippen LogP contribution < -0.4 is 5.32 Å². The standard InChI is InChI=1S/C13H14N4O2S/c1-2-9-15-12-7-3-6-11-10(12)5-4-8-13(11)20(18,19)17-16-14/h3-8,15H,2,9H2,1H3. The van der Waals surface area contributed by atoms with Crippen molar-refractivity contribution in [1.82, 2.24) is 0 Å². The molecule has 6 nitrogen and oxygen atoms in total. The van der Waals surface area contributed by atoms with E-state index >= 15 is 0 Å². The number of nitrogens with one attached hydrogen (secondary N) is 1. The van der Waals surface area contributed by atoms with Gasteiger partial charge in [0.15, 0.2) is 0 Å². The maximum absolute atomic E-state index is 11.9. The van der Waals surface area contributed by atoms with E-state index in [1.165, 1.54) is 6.07 Å². The van der Waals surface area contributed by atoms with Gasteiger partial charge >= 0.3 is 0 Å². The summed E-state index contributed by atoms with van der Waals surface area (Å²) < 4.78 is 26.8. The van der Waals surface area contributed by atoms with Crippen LogP contribution in [0, 0.1) is 0 Å². The summed E-state index contributed by atoms with van der Waals surface area (Å²) in [7, 11) is -3.99. The second-order valence-electron chi connectivity index (χ2n) is 4.23. The fraction of sp³-hybridized carbons (Fsp3) is 0.231. The molecule has 0 saturated heterocycles. The molecule has 1 N–H and O–H groups in total. The first-order chi connectivity index (χ1) is 9.60. The van der Waals surface area contributed by atoms with E-state index in [1.807, 2.05) is 12.1 Å². The summed E-state index contributed by atoms with van der Waals surface area (Å²) in [5, 5.41) is 4.58. The molecule has 0 aliphatic heterocycles. The Morgan fingerprint density at radius 1 is 1.20 bits per heavy atom. The van der Waals surface area contributed by atoms with Crippen LogP contribution >= 0.6 is 0 Å². The Labute approximate surface area is 117 Å². The molecular formula is C13H14N4O2S. The van der Waals surface area contributed by atoms with Gasteiger partial charge in [0.1, 0.15) is 0 Å². The molecular weight excluding hydrogens is 276 g/mol. The van der Waals surface area contributed by atoms with Crippen LogP contribution in [0.1, 0.15) is 13.3 Å². The molecule has 0 saturated carbocycles. The average molecular weight is 290 g/mol. The molecule has 0 aromatic heterocycles. The van der Waals surface area contributed by atoms with Gasteiger partial charge in [0.25, 0.3) is 10.0 Å². The second kappa shape index (κ2) is 5.81. The van der Waals surface area contributed by atoms with Crippen LogP contribution in [0.5, 0.6) is 0 Å². The van der Waals surface area contributed by atoms with Gasteiger partial charge in [-0.05, 0) is 24.1 Å². The minimum Gasteiger partial charge on any atom is -0.385 e. The van der Waals surface area contributed by atoms with Gasteiger partial charge in [-0.2, -0.15) is 0 Å². The minimum atomic E-state index is -3.99. The lowest BCUT2D eigenvalue weighted by atomic mass is 10.1. The van der Waals surface area contributed by atoms with Gasteiger partial charge in [0.2, 0.25) is 0 Å². The van der Waals surface area contributed by atoms with Crippen LogP contribution in [0.25, 0.3) is 21.2 Å². The van der Waals surface area contributed by atoms with Crippen molar-refractivity contribution < 1.29 is 8.42 Å². The minimum absolute atomic E-state index is 0.0212. The van der Waals surface area contributed by atoms with Crippen LogP contribution in [0.15, 0.2) is 45.8 Å². The van der Waals surface area contributed by atoms with Gasteiger partial charge in [-0.1, -0.05) is 31.2 Å². The Hall–Kier alpha value is -2.24. The molecule has 20 heavy (non-hydrogen) atoms. The molecule has 0 aliphatic carbocycles. The zero-order valence-corrected chi connectivity index (χ0v) is 11.8. The van der Waals surface area contributed by atoms with E-state index in [0.29, 0.717) is 5.39 Å². The van der Waals surface area contributed by atoms with E-state index in [4.69, 9.17) is 5.53 Å². The second-order valence-corrected chi connectivity index (χ2v) is 5.78. The summed E-state index contributed by atoms with van der Waals surface area (Å²) >= 11 is 0. The number of azide groups is 1. The molecule has 0 amide bonds. The quantitative estimate of drug-likeness (QED) is 0.517. The average Bonchev–Trinajstić information content (AvgIpc) is 2.44. The topological polar surface area (TPSA) is 94.9 Å². The lowest BCUT2D eigenvalue weighted by Gasteiger charge is -2.10. The van der Waals surface area contributed by atoms with Crippen LogP contribution in [-0.4, -0.2) is 15.0 Å². The Balaban J connectivity index is 2.68. The molecule has 7 heteroatoms. The SMILES string of the molecule is CCCNc1cccc2c(S(=O)(=O)N=[N+]=[N-])cccc12. The van der Waals surface area contributed by atoms with Gasteiger partial charge in [0, 0.05) is 32.4 Å². The Kier molecular flexibility index (Phi) is 4.12. The molecule has 0 aliphatic rings. The molecule has 0 fully saturated rings. The normalized spacial score (nSPS) is 11.1. The zero-order valence-electron chi connectivity index (χ0n) is 10.9. The Bertz CT molecular complexity index is 780. The first-order valence-corrected chi connectivity index (χ1v) is 7.61. The summed E-state index contributed by atoms with van der Waals surface area (Å²) in [6.45, 7) is 2.85. The van der Waals surface area contributed by atoms with E-state index in [0.717, 1.165) is 24.0 Å². The molecule has 104 valence electrons. The number of hydrogen-bond donors (Lipinski definition) is 1. The summed E-state index contributed by atoms with van der Waals surface area (Å²) in [6.07, 6.45) is 0.965. The largest absolute Gasteiger partial charge is 0.385 e. The van der Waals surface area contributed by atoms with Gasteiger partial charge in [-0.25, -0.2) is 8.42 Å². The fourth-order valence-corrected chi connectivity index (χ4v) is 2.90. The highest BCUT2D eigenvalue weighted by Gasteiger charge is 2.16. The highest BCUT2D eigenvalue weighted by molar-refractivity contribution is 7.90. The summed E-state index contributed by atoms with van der Waals surface area (Å²) in [5.74, 6) is 0. The van der Waals surface area contributed by atoms with Crippen molar-refractivity contribution in [2.75, 3.05) is 11.9 Å². The first-order valence-electron chi connectivity index (χ1n) is 6.17. The molecule has 0 radical (unpaired) electrons. The lowest BCUT2D eigenvalue weighted by molar-refractivity contribution is 0.598. The Morgan fingerprint density at radius 3 is 2.60 bits per heavy atom. The lowest BCUT2D eigenvalue weighted by Crippen LogP contribution is -2.01. The molecule has 2 aromatic rings. The number of sulfonamides is 1. The van der Waals surface area contributed by atoms with Gasteiger partial charge in [-0.15, -0.1) is 0 Å². The third-order valence-corrected chi connectivity index (χ3v) is 4.07. The number of benzene rings is 2. The molecule has 0 heterocycles. The Morgan fingerprint density at radius 2 is 1.90 bits per heavy atom. The third-order valence-electron chi connectivity index (χ3n) is 2.87. The van der Waals surface area contributed by atoms with Crippen molar-refractivity contribution in [3.63, 3.8) is 0 Å². The van der Waals surface area contributed by atoms with Crippen LogP contribution in [0.3, 0.4) is 0 Å².